The molecule has 5 rings (SSSR count). The highest BCUT2D eigenvalue weighted by molar-refractivity contribution is 5.84. The van der Waals surface area contributed by atoms with Gasteiger partial charge in [0.1, 0.15) is 35.6 Å². The van der Waals surface area contributed by atoms with E-state index in [2.05, 4.69) is 25.2 Å². The molecule has 0 saturated carbocycles. The highest BCUT2D eigenvalue weighted by Crippen LogP contribution is 2.32. The Hall–Kier alpha value is -3.82. The number of benzene rings is 2. The Balaban J connectivity index is 1.23. The van der Waals surface area contributed by atoms with Gasteiger partial charge in [-0.1, -0.05) is 0 Å². The molecule has 1 aliphatic heterocycles. The number of H-pyrrole nitrogens is 1. The van der Waals surface area contributed by atoms with Crippen LogP contribution in [0.15, 0.2) is 55.0 Å². The summed E-state index contributed by atoms with van der Waals surface area (Å²) in [6, 6.07) is 10.1. The molecule has 0 bridgehead atoms. The third-order valence-electron chi connectivity index (χ3n) is 6.18. The molecule has 2 aromatic carbocycles. The number of rotatable bonds is 5. The summed E-state index contributed by atoms with van der Waals surface area (Å²) in [5.74, 6) is 1.60. The molecule has 0 spiro atoms. The summed E-state index contributed by atoms with van der Waals surface area (Å²) < 4.78 is 57.9. The molecule has 1 aliphatic rings. The minimum Gasteiger partial charge on any atom is -0.490 e. The van der Waals surface area contributed by atoms with Crippen LogP contribution in [0.5, 0.6) is 5.75 Å². The van der Waals surface area contributed by atoms with Crippen LogP contribution in [0.3, 0.4) is 0 Å². The third kappa shape index (κ3) is 4.87. The number of ether oxygens (including phenoxy) is 1. The van der Waals surface area contributed by atoms with Crippen molar-refractivity contribution in [3.63, 3.8) is 0 Å². The Morgan fingerprint density at radius 3 is 2.51 bits per heavy atom. The summed E-state index contributed by atoms with van der Waals surface area (Å²) >= 11 is 0. The molecule has 2 N–H and O–H groups in total. The maximum atomic E-state index is 13.7. The Morgan fingerprint density at radius 1 is 1.06 bits per heavy atom. The van der Waals surface area contributed by atoms with E-state index in [1.807, 2.05) is 13.0 Å². The summed E-state index contributed by atoms with van der Waals surface area (Å²) in [4.78, 5) is 13.9. The quantitative estimate of drug-likeness (QED) is 0.329. The Labute approximate surface area is 199 Å². The minimum atomic E-state index is -4.36. The normalized spacial score (nSPS) is 14.9. The number of aromatic nitrogens is 3. The Bertz CT molecular complexity index is 1330. The maximum Gasteiger partial charge on any atom is 0.416 e. The number of halogens is 4. The van der Waals surface area contributed by atoms with Crippen molar-refractivity contribution in [2.24, 2.45) is 0 Å². The van der Waals surface area contributed by atoms with Crippen LogP contribution in [-0.2, 0) is 6.18 Å². The molecule has 0 atom stereocenters. The van der Waals surface area contributed by atoms with Gasteiger partial charge in [-0.15, -0.1) is 0 Å². The Kier molecular flexibility index (Phi) is 5.96. The maximum absolute atomic E-state index is 13.7. The van der Waals surface area contributed by atoms with Gasteiger partial charge in [0.25, 0.3) is 0 Å². The molecule has 0 amide bonds. The number of hydrogen-bond donors (Lipinski definition) is 2. The predicted molar refractivity (Wildman–Crippen MR) is 126 cm³/mol. The molecule has 0 aliphatic carbocycles. The number of nitrogens with zero attached hydrogens (tertiary/aromatic N) is 3. The Morgan fingerprint density at radius 2 is 1.80 bits per heavy atom. The number of aromatic amines is 1. The van der Waals surface area contributed by atoms with Crippen molar-refractivity contribution in [3.8, 4) is 5.75 Å². The molecule has 1 fully saturated rings. The zero-order valence-electron chi connectivity index (χ0n) is 18.9. The van der Waals surface area contributed by atoms with Crippen LogP contribution in [0.25, 0.3) is 10.9 Å². The van der Waals surface area contributed by atoms with Crippen molar-refractivity contribution in [1.29, 1.82) is 0 Å². The van der Waals surface area contributed by atoms with Gasteiger partial charge < -0.3 is 19.9 Å². The van der Waals surface area contributed by atoms with Crippen LogP contribution in [0, 0.1) is 12.7 Å². The van der Waals surface area contributed by atoms with Crippen molar-refractivity contribution >= 4 is 28.2 Å². The molecule has 6 nitrogen and oxygen atoms in total. The van der Waals surface area contributed by atoms with Gasteiger partial charge in [-0.2, -0.15) is 13.2 Å². The fraction of sp³-hybridized carbons (Fsp3) is 0.280. The van der Waals surface area contributed by atoms with E-state index in [1.54, 1.807) is 12.1 Å². The summed E-state index contributed by atoms with van der Waals surface area (Å²) in [6.45, 7) is 3.32. The summed E-state index contributed by atoms with van der Waals surface area (Å²) in [5.41, 5.74) is 1.65. The van der Waals surface area contributed by atoms with E-state index in [1.165, 1.54) is 24.7 Å². The van der Waals surface area contributed by atoms with E-state index in [4.69, 9.17) is 4.74 Å². The van der Waals surface area contributed by atoms with Crippen molar-refractivity contribution in [2.75, 3.05) is 23.3 Å². The topological polar surface area (TPSA) is 66.1 Å². The first-order valence-corrected chi connectivity index (χ1v) is 11.2. The lowest BCUT2D eigenvalue weighted by Gasteiger charge is -2.34. The van der Waals surface area contributed by atoms with Gasteiger partial charge in [-0.05, 0) is 49.4 Å². The van der Waals surface area contributed by atoms with E-state index in [9.17, 15) is 17.6 Å². The van der Waals surface area contributed by atoms with Crippen molar-refractivity contribution < 1.29 is 22.3 Å². The number of anilines is 3. The highest BCUT2D eigenvalue weighted by atomic mass is 19.4. The third-order valence-corrected chi connectivity index (χ3v) is 6.18. The van der Waals surface area contributed by atoms with Gasteiger partial charge in [0.15, 0.2) is 0 Å². The molecule has 3 heterocycles. The molecule has 182 valence electrons. The zero-order valence-corrected chi connectivity index (χ0v) is 18.9. The fourth-order valence-electron chi connectivity index (χ4n) is 4.29. The number of alkyl halides is 3. The smallest absolute Gasteiger partial charge is 0.416 e. The predicted octanol–water partition coefficient (Wildman–Crippen LogP) is 6.22. The monoisotopic (exact) mass is 485 g/mol. The number of piperidine rings is 1. The van der Waals surface area contributed by atoms with E-state index < -0.39 is 11.7 Å². The SMILES string of the molecule is Cc1c(Nc2ccc3c(F)c[nH]c3c2)ncnc1N1CCC(Oc2ccc(C(F)(F)F)cc2)CC1. The van der Waals surface area contributed by atoms with Gasteiger partial charge in [0, 0.05) is 48.8 Å². The minimum absolute atomic E-state index is 0.0874. The van der Waals surface area contributed by atoms with Crippen molar-refractivity contribution in [3.05, 3.63) is 71.9 Å². The second-order valence-electron chi connectivity index (χ2n) is 8.52. The summed E-state index contributed by atoms with van der Waals surface area (Å²) in [7, 11) is 0. The van der Waals surface area contributed by atoms with E-state index in [0.717, 1.165) is 29.2 Å². The van der Waals surface area contributed by atoms with Crippen LogP contribution < -0.4 is 15.0 Å². The van der Waals surface area contributed by atoms with Crippen LogP contribution in [0.2, 0.25) is 0 Å². The van der Waals surface area contributed by atoms with Gasteiger partial charge in [0.05, 0.1) is 11.1 Å². The first kappa shape index (κ1) is 22.9. The average Bonchev–Trinajstić information content (AvgIpc) is 3.21. The lowest BCUT2D eigenvalue weighted by Crippen LogP contribution is -2.39. The molecule has 35 heavy (non-hydrogen) atoms. The van der Waals surface area contributed by atoms with E-state index in [0.29, 0.717) is 48.4 Å². The second kappa shape index (κ2) is 9.09. The van der Waals surface area contributed by atoms with E-state index >= 15 is 0 Å². The highest BCUT2D eigenvalue weighted by Gasteiger charge is 2.30. The standard InChI is InChI=1S/C25H23F4N5O/c1-15-23(33-17-4-7-20-21(26)13-30-22(20)12-17)31-14-32-24(15)34-10-8-19(9-11-34)35-18-5-2-16(3-6-18)25(27,28)29/h2-7,12-14,19,30H,8-11H2,1H3,(H,31,32,33). The molecule has 1 saturated heterocycles. The average molecular weight is 485 g/mol. The summed E-state index contributed by atoms with van der Waals surface area (Å²) in [5, 5.41) is 3.81. The molecule has 0 radical (unpaired) electrons. The molecule has 0 unspecified atom stereocenters. The van der Waals surface area contributed by atoms with Crippen LogP contribution in [-0.4, -0.2) is 34.1 Å². The first-order valence-electron chi connectivity index (χ1n) is 11.2. The molecule has 10 heteroatoms. The van der Waals surface area contributed by atoms with Crippen molar-refractivity contribution in [1.82, 2.24) is 15.0 Å². The van der Waals surface area contributed by atoms with Crippen LogP contribution in [0.1, 0.15) is 24.0 Å². The largest absolute Gasteiger partial charge is 0.490 e. The molecule has 4 aromatic rings. The van der Waals surface area contributed by atoms with Gasteiger partial charge >= 0.3 is 6.18 Å². The number of fused-ring (bicyclic) bond motifs is 1. The molecule has 2 aromatic heterocycles. The summed E-state index contributed by atoms with van der Waals surface area (Å²) in [6.07, 6.45) is -0.199. The lowest BCUT2D eigenvalue weighted by molar-refractivity contribution is -0.137. The first-order chi connectivity index (χ1) is 16.8. The number of nitrogens with one attached hydrogen (secondary N) is 2. The lowest BCUT2D eigenvalue weighted by atomic mass is 10.1. The number of hydrogen-bond acceptors (Lipinski definition) is 5. The molecular weight excluding hydrogens is 462 g/mol. The van der Waals surface area contributed by atoms with Gasteiger partial charge in [-0.25, -0.2) is 14.4 Å². The van der Waals surface area contributed by atoms with Crippen LogP contribution >= 0.6 is 0 Å². The fourth-order valence-corrected chi connectivity index (χ4v) is 4.29. The van der Waals surface area contributed by atoms with Gasteiger partial charge in [0.2, 0.25) is 0 Å². The van der Waals surface area contributed by atoms with Crippen molar-refractivity contribution in [2.45, 2.75) is 32.0 Å². The van der Waals surface area contributed by atoms with Gasteiger partial charge in [-0.3, -0.25) is 0 Å². The van der Waals surface area contributed by atoms with E-state index in [-0.39, 0.29) is 11.9 Å². The van der Waals surface area contributed by atoms with Crippen LogP contribution in [0.4, 0.5) is 34.9 Å². The second-order valence-corrected chi connectivity index (χ2v) is 8.52. The molecular formula is C25H23F4N5O. The zero-order chi connectivity index (χ0) is 24.6.